The lowest BCUT2D eigenvalue weighted by atomic mass is 10.1. The fourth-order valence-corrected chi connectivity index (χ4v) is 1.78. The maximum absolute atomic E-state index is 6.10. The third-order valence-electron chi connectivity index (χ3n) is 2.12. The number of fused-ring (bicyclic) bond motifs is 1. The van der Waals surface area contributed by atoms with Crippen LogP contribution in [0.25, 0.3) is 17.0 Å². The van der Waals surface area contributed by atoms with E-state index in [2.05, 4.69) is 4.98 Å². The molecule has 0 radical (unpaired) electrons. The summed E-state index contributed by atoms with van der Waals surface area (Å²) >= 11 is 6.10. The molecule has 2 nitrogen and oxygen atoms in total. The Morgan fingerprint density at radius 3 is 3.07 bits per heavy atom. The van der Waals surface area contributed by atoms with Crippen LogP contribution < -0.4 is 5.73 Å². The summed E-state index contributed by atoms with van der Waals surface area (Å²) in [4.78, 5) is 3.16. The molecular weight excluding hydrogens is 196 g/mol. The molecular formula is C11H11ClN2. The van der Waals surface area contributed by atoms with E-state index in [0.29, 0.717) is 6.54 Å². The summed E-state index contributed by atoms with van der Waals surface area (Å²) in [5, 5.41) is 1.82. The van der Waals surface area contributed by atoms with E-state index in [0.717, 1.165) is 21.5 Å². The molecule has 1 aromatic heterocycles. The molecule has 0 aliphatic rings. The maximum Gasteiger partial charge on any atom is 0.0505 e. The molecule has 0 atom stereocenters. The zero-order chi connectivity index (χ0) is 9.97. The molecule has 0 aliphatic carbocycles. The number of halogens is 1. The van der Waals surface area contributed by atoms with Crippen LogP contribution >= 0.6 is 11.6 Å². The molecule has 0 aliphatic heterocycles. The van der Waals surface area contributed by atoms with Gasteiger partial charge in [0.05, 0.1) is 5.02 Å². The van der Waals surface area contributed by atoms with Gasteiger partial charge in [-0.15, -0.1) is 0 Å². The van der Waals surface area contributed by atoms with Crippen LogP contribution in [0.5, 0.6) is 0 Å². The van der Waals surface area contributed by atoms with Gasteiger partial charge < -0.3 is 10.7 Å². The standard InChI is InChI=1S/C11H11ClN2/c12-9-4-1-5-10-11(9)8(7-14-10)3-2-6-13/h1-5,7,14H,6,13H2. The van der Waals surface area contributed by atoms with Gasteiger partial charge in [0, 0.05) is 29.2 Å². The molecule has 0 spiro atoms. The van der Waals surface area contributed by atoms with Gasteiger partial charge in [0.25, 0.3) is 0 Å². The first-order valence-electron chi connectivity index (χ1n) is 4.45. The molecule has 0 unspecified atom stereocenters. The summed E-state index contributed by atoms with van der Waals surface area (Å²) in [7, 11) is 0. The number of hydrogen-bond donors (Lipinski definition) is 2. The van der Waals surface area contributed by atoms with E-state index >= 15 is 0 Å². The highest BCUT2D eigenvalue weighted by molar-refractivity contribution is 6.36. The fourth-order valence-electron chi connectivity index (χ4n) is 1.49. The van der Waals surface area contributed by atoms with Crippen molar-refractivity contribution in [2.75, 3.05) is 6.54 Å². The van der Waals surface area contributed by atoms with Crippen LogP contribution in [0, 0.1) is 0 Å². The van der Waals surface area contributed by atoms with Crippen LogP contribution in [0.3, 0.4) is 0 Å². The largest absolute Gasteiger partial charge is 0.361 e. The van der Waals surface area contributed by atoms with Gasteiger partial charge in [0.2, 0.25) is 0 Å². The van der Waals surface area contributed by atoms with Gasteiger partial charge in [-0.25, -0.2) is 0 Å². The van der Waals surface area contributed by atoms with Gasteiger partial charge in [-0.2, -0.15) is 0 Å². The molecule has 72 valence electrons. The molecule has 2 aromatic rings. The second-order valence-corrected chi connectivity index (χ2v) is 3.45. The lowest BCUT2D eigenvalue weighted by Gasteiger charge is -1.94. The van der Waals surface area contributed by atoms with Crippen LogP contribution in [-0.2, 0) is 0 Å². The number of rotatable bonds is 2. The Kier molecular flexibility index (Phi) is 2.57. The van der Waals surface area contributed by atoms with Crippen molar-refractivity contribution in [2.45, 2.75) is 0 Å². The molecule has 14 heavy (non-hydrogen) atoms. The van der Waals surface area contributed by atoms with Crippen molar-refractivity contribution in [2.24, 2.45) is 5.73 Å². The number of benzene rings is 1. The van der Waals surface area contributed by atoms with Crippen molar-refractivity contribution in [3.63, 3.8) is 0 Å². The summed E-state index contributed by atoms with van der Waals surface area (Å²) in [6.45, 7) is 0.539. The van der Waals surface area contributed by atoms with Crippen molar-refractivity contribution in [1.29, 1.82) is 0 Å². The Hall–Kier alpha value is -1.25. The first-order valence-corrected chi connectivity index (χ1v) is 4.83. The SMILES string of the molecule is NCC=Cc1c[nH]c2cccc(Cl)c12. The van der Waals surface area contributed by atoms with Gasteiger partial charge in [-0.3, -0.25) is 0 Å². The molecule has 0 bridgehead atoms. The molecule has 0 amide bonds. The molecule has 0 fully saturated rings. The van der Waals surface area contributed by atoms with E-state index in [4.69, 9.17) is 17.3 Å². The van der Waals surface area contributed by atoms with Crippen molar-refractivity contribution in [3.05, 3.63) is 41.1 Å². The number of aromatic amines is 1. The van der Waals surface area contributed by atoms with Crippen molar-refractivity contribution >= 4 is 28.6 Å². The fraction of sp³-hybridized carbons (Fsp3) is 0.0909. The zero-order valence-corrected chi connectivity index (χ0v) is 8.38. The smallest absolute Gasteiger partial charge is 0.0505 e. The highest BCUT2D eigenvalue weighted by Gasteiger charge is 2.03. The monoisotopic (exact) mass is 206 g/mol. The average Bonchev–Trinajstić information content (AvgIpc) is 2.59. The second kappa shape index (κ2) is 3.86. The summed E-state index contributed by atoms with van der Waals surface area (Å²) in [5.41, 5.74) is 7.53. The van der Waals surface area contributed by atoms with Gasteiger partial charge in [0.1, 0.15) is 0 Å². The third-order valence-corrected chi connectivity index (χ3v) is 2.43. The minimum atomic E-state index is 0.539. The number of nitrogens with two attached hydrogens (primary N) is 1. The highest BCUT2D eigenvalue weighted by Crippen LogP contribution is 2.27. The minimum Gasteiger partial charge on any atom is -0.361 e. The van der Waals surface area contributed by atoms with Crippen molar-refractivity contribution in [1.82, 2.24) is 4.98 Å². The van der Waals surface area contributed by atoms with Gasteiger partial charge in [0.15, 0.2) is 0 Å². The van der Waals surface area contributed by atoms with Gasteiger partial charge in [-0.05, 0) is 12.1 Å². The normalized spacial score (nSPS) is 11.6. The van der Waals surface area contributed by atoms with Crippen LogP contribution in [0.4, 0.5) is 0 Å². The van der Waals surface area contributed by atoms with E-state index in [-0.39, 0.29) is 0 Å². The van der Waals surface area contributed by atoms with Crippen molar-refractivity contribution < 1.29 is 0 Å². The summed E-state index contributed by atoms with van der Waals surface area (Å²) in [6, 6.07) is 5.82. The van der Waals surface area contributed by atoms with Gasteiger partial charge in [-0.1, -0.05) is 29.8 Å². The van der Waals surface area contributed by atoms with Gasteiger partial charge >= 0.3 is 0 Å². The number of hydrogen-bond acceptors (Lipinski definition) is 1. The van der Waals surface area contributed by atoms with Crippen LogP contribution in [-0.4, -0.2) is 11.5 Å². The van der Waals surface area contributed by atoms with Crippen LogP contribution in [0.1, 0.15) is 5.56 Å². The minimum absolute atomic E-state index is 0.539. The number of nitrogens with one attached hydrogen (secondary N) is 1. The Labute approximate surface area is 87.4 Å². The molecule has 0 saturated heterocycles. The quantitative estimate of drug-likeness (QED) is 0.780. The maximum atomic E-state index is 6.10. The zero-order valence-electron chi connectivity index (χ0n) is 7.63. The van der Waals surface area contributed by atoms with Crippen molar-refractivity contribution in [3.8, 4) is 0 Å². The van der Waals surface area contributed by atoms with E-state index in [1.54, 1.807) is 0 Å². The first kappa shape index (κ1) is 9.31. The lowest BCUT2D eigenvalue weighted by molar-refractivity contribution is 1.26. The second-order valence-electron chi connectivity index (χ2n) is 3.04. The highest BCUT2D eigenvalue weighted by atomic mass is 35.5. The van der Waals surface area contributed by atoms with Crippen LogP contribution in [0.2, 0.25) is 5.02 Å². The van der Waals surface area contributed by atoms with E-state index < -0.39 is 0 Å². The molecule has 2 rings (SSSR count). The first-order chi connectivity index (χ1) is 6.83. The molecule has 1 heterocycles. The summed E-state index contributed by atoms with van der Waals surface area (Å²) < 4.78 is 0. The predicted octanol–water partition coefficient (Wildman–Crippen LogP) is 2.79. The van der Waals surface area contributed by atoms with E-state index in [1.807, 2.05) is 36.5 Å². The number of aromatic nitrogens is 1. The topological polar surface area (TPSA) is 41.8 Å². The molecule has 3 N–H and O–H groups in total. The predicted molar refractivity (Wildman–Crippen MR) is 61.4 cm³/mol. The molecule has 0 saturated carbocycles. The average molecular weight is 207 g/mol. The Bertz CT molecular complexity index is 471. The molecule has 3 heteroatoms. The Morgan fingerprint density at radius 2 is 2.29 bits per heavy atom. The summed E-state index contributed by atoms with van der Waals surface area (Å²) in [6.07, 6.45) is 5.82. The summed E-state index contributed by atoms with van der Waals surface area (Å²) in [5.74, 6) is 0. The third kappa shape index (κ3) is 1.54. The van der Waals surface area contributed by atoms with E-state index in [9.17, 15) is 0 Å². The lowest BCUT2D eigenvalue weighted by Crippen LogP contribution is -1.91. The number of H-pyrrole nitrogens is 1. The Morgan fingerprint density at radius 1 is 1.43 bits per heavy atom. The van der Waals surface area contributed by atoms with E-state index in [1.165, 1.54) is 0 Å². The van der Waals surface area contributed by atoms with Crippen LogP contribution in [0.15, 0.2) is 30.5 Å². The Balaban J connectivity index is 2.61. The molecule has 1 aromatic carbocycles.